The summed E-state index contributed by atoms with van der Waals surface area (Å²) < 4.78 is 6.25. The number of fused-ring (bicyclic) bond motifs is 3. The first-order valence-corrected chi connectivity index (χ1v) is 8.88. The first-order valence-electron chi connectivity index (χ1n) is 8.88. The van der Waals surface area contributed by atoms with Gasteiger partial charge >= 0.3 is 0 Å². The number of amides is 1. The molecule has 26 heavy (non-hydrogen) atoms. The maximum atomic E-state index is 13.4. The number of para-hydroxylation sites is 1. The van der Waals surface area contributed by atoms with Crippen LogP contribution in [0.15, 0.2) is 54.6 Å². The highest BCUT2D eigenvalue weighted by Gasteiger charge is 2.70. The number of nitriles is 1. The molecule has 2 aromatic carbocycles. The standard InChI is InChI=1S/C22H22N2O2/c1-21-13-16(14-23)19(15-9-5-4-6-10-15)22(21,26-3)17-11-7-8-12-18(17)24(2)20(21)25/h4-12,16,19H,13H2,1-3H3/t16-,19-,21-,22-/m1/s1. The largest absolute Gasteiger partial charge is 0.372 e. The Balaban J connectivity index is 2.08. The summed E-state index contributed by atoms with van der Waals surface area (Å²) in [6.45, 7) is 1.96. The Bertz CT molecular complexity index is 904. The normalized spacial score (nSPS) is 32.7. The number of methoxy groups -OCH3 is 1. The van der Waals surface area contributed by atoms with Gasteiger partial charge in [0, 0.05) is 31.3 Å². The molecular weight excluding hydrogens is 324 g/mol. The van der Waals surface area contributed by atoms with E-state index >= 15 is 0 Å². The molecular formula is C22H22N2O2. The van der Waals surface area contributed by atoms with Gasteiger partial charge in [0.25, 0.3) is 0 Å². The second-order valence-electron chi connectivity index (χ2n) is 7.48. The van der Waals surface area contributed by atoms with E-state index in [4.69, 9.17) is 4.74 Å². The summed E-state index contributed by atoms with van der Waals surface area (Å²) in [4.78, 5) is 15.1. The van der Waals surface area contributed by atoms with Gasteiger partial charge in [0.2, 0.25) is 5.91 Å². The number of hydrogen-bond acceptors (Lipinski definition) is 3. The predicted octanol–water partition coefficient (Wildman–Crippen LogP) is 3.84. The SMILES string of the molecule is CO[C@@]12c3ccccc3N(C)C(=O)[C@@]1(C)C[C@H](C#N)[C@H]2c1ccccc1. The second kappa shape index (κ2) is 5.69. The summed E-state index contributed by atoms with van der Waals surface area (Å²) in [5.41, 5.74) is 1.22. The number of benzene rings is 2. The molecule has 0 radical (unpaired) electrons. The molecule has 0 N–H and O–H groups in total. The van der Waals surface area contributed by atoms with Gasteiger partial charge in [-0.05, 0) is 25.0 Å². The van der Waals surface area contributed by atoms with E-state index in [1.807, 2.05) is 68.6 Å². The van der Waals surface area contributed by atoms with Crippen molar-refractivity contribution in [3.8, 4) is 6.07 Å². The minimum absolute atomic E-state index is 0.0109. The number of carbonyl (C=O) groups excluding carboxylic acids is 1. The molecule has 132 valence electrons. The molecule has 1 aliphatic heterocycles. The van der Waals surface area contributed by atoms with Gasteiger partial charge in [-0.25, -0.2) is 0 Å². The van der Waals surface area contributed by atoms with Crippen molar-refractivity contribution in [3.05, 3.63) is 65.7 Å². The quantitative estimate of drug-likeness (QED) is 0.830. The molecule has 1 amide bonds. The lowest BCUT2D eigenvalue weighted by Gasteiger charge is -2.51. The van der Waals surface area contributed by atoms with Crippen molar-refractivity contribution in [2.45, 2.75) is 24.9 Å². The topological polar surface area (TPSA) is 53.3 Å². The van der Waals surface area contributed by atoms with Crippen LogP contribution in [0.1, 0.15) is 30.4 Å². The average Bonchev–Trinajstić information content (AvgIpc) is 2.97. The minimum atomic E-state index is -0.866. The van der Waals surface area contributed by atoms with Crippen LogP contribution in [0.2, 0.25) is 0 Å². The number of ether oxygens (including phenoxy) is 1. The molecule has 0 unspecified atom stereocenters. The second-order valence-corrected chi connectivity index (χ2v) is 7.48. The summed E-state index contributed by atoms with van der Waals surface area (Å²) in [5, 5.41) is 9.94. The molecule has 1 heterocycles. The molecule has 2 aliphatic rings. The van der Waals surface area contributed by atoms with Crippen molar-refractivity contribution >= 4 is 11.6 Å². The molecule has 1 fully saturated rings. The van der Waals surface area contributed by atoms with Crippen molar-refractivity contribution in [1.82, 2.24) is 0 Å². The van der Waals surface area contributed by atoms with E-state index in [-0.39, 0.29) is 17.7 Å². The molecule has 2 aromatic rings. The summed E-state index contributed by atoms with van der Waals surface area (Å²) in [5.74, 6) is -0.495. The van der Waals surface area contributed by atoms with Gasteiger partial charge in [-0.3, -0.25) is 4.79 Å². The summed E-state index contributed by atoms with van der Waals surface area (Å²) in [7, 11) is 3.48. The van der Waals surface area contributed by atoms with E-state index in [9.17, 15) is 10.1 Å². The molecule has 1 aliphatic carbocycles. The van der Waals surface area contributed by atoms with E-state index in [0.29, 0.717) is 6.42 Å². The zero-order valence-electron chi connectivity index (χ0n) is 15.3. The number of rotatable bonds is 2. The van der Waals surface area contributed by atoms with Crippen molar-refractivity contribution in [2.24, 2.45) is 11.3 Å². The Kier molecular flexibility index (Phi) is 3.68. The molecule has 1 saturated carbocycles. The van der Waals surface area contributed by atoms with E-state index in [0.717, 1.165) is 16.8 Å². The van der Waals surface area contributed by atoms with Crippen LogP contribution < -0.4 is 4.90 Å². The maximum Gasteiger partial charge on any atom is 0.236 e. The molecule has 4 heteroatoms. The fourth-order valence-corrected chi connectivity index (χ4v) is 5.32. The molecule has 4 atom stereocenters. The lowest BCUT2D eigenvalue weighted by Crippen LogP contribution is -2.57. The highest BCUT2D eigenvalue weighted by atomic mass is 16.5. The third-order valence-electron chi connectivity index (χ3n) is 6.38. The Labute approximate surface area is 154 Å². The Hall–Kier alpha value is -2.64. The van der Waals surface area contributed by atoms with Crippen LogP contribution in [-0.4, -0.2) is 20.1 Å². The highest BCUT2D eigenvalue weighted by molar-refractivity contribution is 6.02. The number of nitrogens with zero attached hydrogens (tertiary/aromatic N) is 2. The summed E-state index contributed by atoms with van der Waals surface area (Å²) >= 11 is 0. The molecule has 0 saturated heterocycles. The first kappa shape index (κ1) is 16.8. The Morgan fingerprint density at radius 2 is 1.81 bits per heavy atom. The molecule has 0 spiro atoms. The number of hydrogen-bond donors (Lipinski definition) is 0. The van der Waals surface area contributed by atoms with Crippen LogP contribution in [0.25, 0.3) is 0 Å². The Morgan fingerprint density at radius 1 is 1.15 bits per heavy atom. The van der Waals surface area contributed by atoms with E-state index in [1.54, 1.807) is 12.0 Å². The van der Waals surface area contributed by atoms with Gasteiger partial charge in [0.15, 0.2) is 0 Å². The molecule has 0 aromatic heterocycles. The van der Waals surface area contributed by atoms with Crippen molar-refractivity contribution in [3.63, 3.8) is 0 Å². The number of carbonyl (C=O) groups is 1. The molecule has 0 bridgehead atoms. The van der Waals surface area contributed by atoms with Gasteiger partial charge in [0.05, 0.1) is 17.4 Å². The van der Waals surface area contributed by atoms with E-state index in [2.05, 4.69) is 6.07 Å². The highest BCUT2D eigenvalue weighted by Crippen LogP contribution is 2.67. The van der Waals surface area contributed by atoms with Crippen molar-refractivity contribution < 1.29 is 9.53 Å². The zero-order chi connectivity index (χ0) is 18.5. The molecule has 4 rings (SSSR count). The lowest BCUT2D eigenvalue weighted by molar-refractivity contribution is -0.153. The van der Waals surface area contributed by atoms with Crippen LogP contribution in [0.3, 0.4) is 0 Å². The van der Waals surface area contributed by atoms with Crippen LogP contribution in [0, 0.1) is 22.7 Å². The first-order chi connectivity index (χ1) is 12.5. The fourth-order valence-electron chi connectivity index (χ4n) is 5.32. The zero-order valence-corrected chi connectivity index (χ0v) is 15.3. The van der Waals surface area contributed by atoms with Crippen LogP contribution >= 0.6 is 0 Å². The average molecular weight is 346 g/mol. The van der Waals surface area contributed by atoms with Gasteiger partial charge < -0.3 is 9.64 Å². The van der Waals surface area contributed by atoms with Crippen molar-refractivity contribution in [2.75, 3.05) is 19.1 Å². The third kappa shape index (κ3) is 1.84. The van der Waals surface area contributed by atoms with Crippen molar-refractivity contribution in [1.29, 1.82) is 5.26 Å². The van der Waals surface area contributed by atoms with Crippen LogP contribution in [-0.2, 0) is 15.1 Å². The van der Waals surface area contributed by atoms with Gasteiger partial charge in [-0.1, -0.05) is 48.5 Å². The monoisotopic (exact) mass is 346 g/mol. The summed E-state index contributed by atoms with van der Waals surface area (Å²) in [6.07, 6.45) is 0.481. The number of anilines is 1. The smallest absolute Gasteiger partial charge is 0.236 e. The van der Waals surface area contributed by atoms with Gasteiger partial charge in [-0.2, -0.15) is 5.26 Å². The summed E-state index contributed by atoms with van der Waals surface area (Å²) in [6, 6.07) is 20.4. The van der Waals surface area contributed by atoms with Crippen LogP contribution in [0.4, 0.5) is 5.69 Å². The van der Waals surface area contributed by atoms with E-state index < -0.39 is 11.0 Å². The maximum absolute atomic E-state index is 13.4. The molecule has 4 nitrogen and oxygen atoms in total. The van der Waals surface area contributed by atoms with E-state index in [1.165, 1.54) is 0 Å². The van der Waals surface area contributed by atoms with Gasteiger partial charge in [-0.15, -0.1) is 0 Å². The Morgan fingerprint density at radius 3 is 2.46 bits per heavy atom. The van der Waals surface area contributed by atoms with Crippen LogP contribution in [0.5, 0.6) is 0 Å². The van der Waals surface area contributed by atoms with Gasteiger partial charge in [0.1, 0.15) is 5.60 Å². The third-order valence-corrected chi connectivity index (χ3v) is 6.38. The predicted molar refractivity (Wildman–Crippen MR) is 99.5 cm³/mol. The minimum Gasteiger partial charge on any atom is -0.372 e. The fraction of sp³-hybridized carbons (Fsp3) is 0.364. The lowest BCUT2D eigenvalue weighted by atomic mass is 9.63.